The zero-order valence-corrected chi connectivity index (χ0v) is 15.5. The molecule has 0 radical (unpaired) electrons. The van der Waals surface area contributed by atoms with Gasteiger partial charge in [0.1, 0.15) is 11.3 Å². The van der Waals surface area contributed by atoms with Crippen molar-refractivity contribution in [3.63, 3.8) is 0 Å². The molecular formula is C17H23N5O2S. The molecule has 2 N–H and O–H groups in total. The zero-order valence-electron chi connectivity index (χ0n) is 14.7. The van der Waals surface area contributed by atoms with Crippen LogP contribution in [0.3, 0.4) is 0 Å². The van der Waals surface area contributed by atoms with Crippen molar-refractivity contribution in [3.8, 4) is 0 Å². The van der Waals surface area contributed by atoms with E-state index in [1.165, 1.54) is 4.31 Å². The van der Waals surface area contributed by atoms with Crippen LogP contribution in [0, 0.1) is 0 Å². The topological polar surface area (TPSA) is 94.1 Å². The highest BCUT2D eigenvalue weighted by Gasteiger charge is 2.18. The van der Waals surface area contributed by atoms with Gasteiger partial charge in [-0.05, 0) is 12.5 Å². The molecule has 0 bridgehead atoms. The highest BCUT2D eigenvalue weighted by molar-refractivity contribution is 7.89. The first-order valence-electron chi connectivity index (χ1n) is 8.28. The average molecular weight is 361 g/mol. The number of aryl methyl sites for hydroxylation is 2. The second kappa shape index (κ2) is 6.61. The van der Waals surface area contributed by atoms with E-state index in [9.17, 15) is 8.42 Å². The molecule has 0 saturated heterocycles. The Balaban J connectivity index is 2.07. The Morgan fingerprint density at radius 1 is 1.20 bits per heavy atom. The first-order chi connectivity index (χ1) is 11.8. The number of hydrogen-bond donors (Lipinski definition) is 1. The van der Waals surface area contributed by atoms with Crippen LogP contribution in [0.15, 0.2) is 24.3 Å². The fourth-order valence-electron chi connectivity index (χ4n) is 3.00. The minimum atomic E-state index is -3.21. The molecule has 25 heavy (non-hydrogen) atoms. The molecule has 8 heteroatoms. The van der Waals surface area contributed by atoms with Crippen LogP contribution in [0.2, 0.25) is 0 Å². The van der Waals surface area contributed by atoms with Gasteiger partial charge in [0.25, 0.3) is 0 Å². The molecule has 0 aliphatic carbocycles. The van der Waals surface area contributed by atoms with Crippen LogP contribution in [0.5, 0.6) is 0 Å². The van der Waals surface area contributed by atoms with Crippen LogP contribution in [-0.2, 0) is 23.0 Å². The Labute approximate surface area is 147 Å². The van der Waals surface area contributed by atoms with E-state index in [1.807, 2.05) is 31.2 Å². The maximum absolute atomic E-state index is 12.0. The van der Waals surface area contributed by atoms with Crippen molar-refractivity contribution in [3.05, 3.63) is 30.1 Å². The maximum atomic E-state index is 12.0. The number of para-hydroxylation sites is 1. The van der Waals surface area contributed by atoms with Gasteiger partial charge in [-0.1, -0.05) is 25.1 Å². The molecule has 0 unspecified atom stereocenters. The number of nitrogen functional groups attached to an aromatic ring is 1. The van der Waals surface area contributed by atoms with Crippen LogP contribution in [0.25, 0.3) is 21.9 Å². The summed E-state index contributed by atoms with van der Waals surface area (Å²) in [5.41, 5.74) is 8.54. The third-order valence-corrected chi connectivity index (χ3v) is 6.26. The summed E-state index contributed by atoms with van der Waals surface area (Å²) in [6.45, 7) is 2.60. The van der Waals surface area contributed by atoms with Crippen molar-refractivity contribution < 1.29 is 8.42 Å². The van der Waals surface area contributed by atoms with Gasteiger partial charge in [-0.3, -0.25) is 0 Å². The summed E-state index contributed by atoms with van der Waals surface area (Å²) in [7, 11) is -0.103. The SMILES string of the molecule is CCc1nc2c(N)nc3ccccc3c2n1CCCS(=O)(=O)N(C)C. The summed E-state index contributed by atoms with van der Waals surface area (Å²) < 4.78 is 27.4. The molecule has 0 aliphatic rings. The van der Waals surface area contributed by atoms with Crippen LogP contribution in [0.4, 0.5) is 5.82 Å². The van der Waals surface area contributed by atoms with Gasteiger partial charge in [0.2, 0.25) is 10.0 Å². The molecule has 3 rings (SSSR count). The lowest BCUT2D eigenvalue weighted by atomic mass is 10.2. The van der Waals surface area contributed by atoms with E-state index >= 15 is 0 Å². The largest absolute Gasteiger partial charge is 0.382 e. The summed E-state index contributed by atoms with van der Waals surface area (Å²) in [6.07, 6.45) is 1.25. The fraction of sp³-hybridized carbons (Fsp3) is 0.412. The molecule has 0 amide bonds. The van der Waals surface area contributed by atoms with Gasteiger partial charge in [-0.15, -0.1) is 0 Å². The number of nitrogens with two attached hydrogens (primary N) is 1. The highest BCUT2D eigenvalue weighted by Crippen LogP contribution is 2.29. The number of hydrogen-bond acceptors (Lipinski definition) is 5. The first-order valence-corrected chi connectivity index (χ1v) is 9.89. The molecule has 3 aromatic rings. The van der Waals surface area contributed by atoms with E-state index in [0.717, 1.165) is 28.7 Å². The van der Waals surface area contributed by atoms with Crippen molar-refractivity contribution in [1.82, 2.24) is 18.8 Å². The summed E-state index contributed by atoms with van der Waals surface area (Å²) in [5.74, 6) is 1.39. The van der Waals surface area contributed by atoms with Gasteiger partial charge < -0.3 is 10.3 Å². The molecule has 1 aromatic carbocycles. The van der Waals surface area contributed by atoms with Crippen molar-refractivity contribution in [2.45, 2.75) is 26.3 Å². The standard InChI is InChI=1S/C17H23N5O2S/c1-4-14-20-15-16(12-8-5-6-9-13(12)19-17(15)18)22(14)10-7-11-25(23,24)21(2)3/h5-6,8-9H,4,7,10-11H2,1-3H3,(H2,18,19). The van der Waals surface area contributed by atoms with Crippen LogP contribution in [0.1, 0.15) is 19.2 Å². The van der Waals surface area contributed by atoms with Crippen LogP contribution >= 0.6 is 0 Å². The number of anilines is 1. The lowest BCUT2D eigenvalue weighted by Crippen LogP contribution is -2.25. The predicted molar refractivity (Wildman–Crippen MR) is 101 cm³/mol. The number of rotatable bonds is 6. The quantitative estimate of drug-likeness (QED) is 0.725. The van der Waals surface area contributed by atoms with Crippen molar-refractivity contribution >= 4 is 37.8 Å². The molecule has 0 fully saturated rings. The Hall–Kier alpha value is -2.19. The number of pyridine rings is 1. The summed E-state index contributed by atoms with van der Waals surface area (Å²) in [5, 5.41) is 0.981. The second-order valence-corrected chi connectivity index (χ2v) is 8.50. The van der Waals surface area contributed by atoms with Gasteiger partial charge in [0.05, 0.1) is 16.8 Å². The molecule has 0 atom stereocenters. The molecule has 2 aromatic heterocycles. The minimum Gasteiger partial charge on any atom is -0.382 e. The smallest absolute Gasteiger partial charge is 0.213 e. The molecule has 0 aliphatic heterocycles. The summed E-state index contributed by atoms with van der Waals surface area (Å²) in [4.78, 5) is 9.08. The molecule has 134 valence electrons. The number of nitrogens with zero attached hydrogens (tertiary/aromatic N) is 4. The number of aromatic nitrogens is 3. The third kappa shape index (κ3) is 3.19. The second-order valence-electron chi connectivity index (χ2n) is 6.20. The highest BCUT2D eigenvalue weighted by atomic mass is 32.2. The Morgan fingerprint density at radius 3 is 2.60 bits per heavy atom. The predicted octanol–water partition coefficient (Wildman–Crippen LogP) is 2.01. The molecule has 0 saturated carbocycles. The third-order valence-electron chi connectivity index (χ3n) is 4.35. The van der Waals surface area contributed by atoms with Crippen molar-refractivity contribution in [2.75, 3.05) is 25.6 Å². The lowest BCUT2D eigenvalue weighted by Gasteiger charge is -2.13. The van der Waals surface area contributed by atoms with Gasteiger partial charge in [0.15, 0.2) is 5.82 Å². The van der Waals surface area contributed by atoms with E-state index in [-0.39, 0.29) is 5.75 Å². The van der Waals surface area contributed by atoms with Crippen molar-refractivity contribution in [1.29, 1.82) is 0 Å². The van der Waals surface area contributed by atoms with Gasteiger partial charge >= 0.3 is 0 Å². The monoisotopic (exact) mass is 361 g/mol. The van der Waals surface area contributed by atoms with Gasteiger partial charge in [-0.2, -0.15) is 0 Å². The van der Waals surface area contributed by atoms with Crippen LogP contribution in [-0.4, -0.2) is 47.1 Å². The van der Waals surface area contributed by atoms with Crippen LogP contribution < -0.4 is 5.73 Å². The molecule has 2 heterocycles. The van der Waals surface area contributed by atoms with Gasteiger partial charge in [-0.25, -0.2) is 22.7 Å². The lowest BCUT2D eigenvalue weighted by molar-refractivity contribution is 0.514. The maximum Gasteiger partial charge on any atom is 0.213 e. The Morgan fingerprint density at radius 2 is 1.92 bits per heavy atom. The minimum absolute atomic E-state index is 0.0985. The van der Waals surface area contributed by atoms with E-state index in [1.54, 1.807) is 14.1 Å². The fourth-order valence-corrected chi connectivity index (χ4v) is 3.86. The Bertz CT molecular complexity index is 1020. The summed E-state index contributed by atoms with van der Waals surface area (Å²) in [6, 6.07) is 7.80. The van der Waals surface area contributed by atoms with E-state index in [2.05, 4.69) is 14.5 Å². The number of imidazole rings is 1. The van der Waals surface area contributed by atoms with E-state index in [0.29, 0.717) is 24.3 Å². The Kier molecular flexibility index (Phi) is 4.66. The molecular weight excluding hydrogens is 338 g/mol. The zero-order chi connectivity index (χ0) is 18.2. The first kappa shape index (κ1) is 17.6. The molecule has 7 nitrogen and oxygen atoms in total. The molecule has 0 spiro atoms. The number of benzene rings is 1. The van der Waals surface area contributed by atoms with E-state index in [4.69, 9.17) is 5.73 Å². The normalized spacial score (nSPS) is 12.5. The van der Waals surface area contributed by atoms with E-state index < -0.39 is 10.0 Å². The van der Waals surface area contributed by atoms with Crippen molar-refractivity contribution in [2.24, 2.45) is 0 Å². The number of fused-ring (bicyclic) bond motifs is 3. The summed E-state index contributed by atoms with van der Waals surface area (Å²) >= 11 is 0. The van der Waals surface area contributed by atoms with Gasteiger partial charge in [0, 0.05) is 32.4 Å². The number of sulfonamides is 1. The average Bonchev–Trinajstić information content (AvgIpc) is 2.94.